The molecule has 0 aliphatic carbocycles. The predicted molar refractivity (Wildman–Crippen MR) is 122 cm³/mol. The van der Waals surface area contributed by atoms with Crippen LogP contribution in [0.25, 0.3) is 0 Å². The SMILES string of the molecule is C=CCn1c(S[C@H](c2ccccc2)c2ccc(Cl)cc2)nnc1[C@@H]1CCS(=O)(=O)C1. The Morgan fingerprint density at radius 3 is 2.47 bits per heavy atom. The lowest BCUT2D eigenvalue weighted by Crippen LogP contribution is -2.11. The average molecular weight is 460 g/mol. The number of hydrogen-bond acceptors (Lipinski definition) is 5. The minimum Gasteiger partial charge on any atom is -0.302 e. The fourth-order valence-corrected chi connectivity index (χ4v) is 6.73. The van der Waals surface area contributed by atoms with Crippen LogP contribution in [0.1, 0.15) is 34.5 Å². The Kier molecular flexibility index (Phi) is 6.32. The molecule has 0 amide bonds. The van der Waals surface area contributed by atoms with E-state index in [-0.39, 0.29) is 22.7 Å². The second-order valence-corrected chi connectivity index (χ2v) is 11.0. The van der Waals surface area contributed by atoms with E-state index in [4.69, 9.17) is 11.6 Å². The Bertz CT molecular complexity index is 1130. The number of aromatic nitrogens is 3. The van der Waals surface area contributed by atoms with Crippen molar-refractivity contribution in [3.05, 3.63) is 89.2 Å². The van der Waals surface area contributed by atoms with E-state index in [0.717, 1.165) is 22.1 Å². The summed E-state index contributed by atoms with van der Waals surface area (Å²) in [4.78, 5) is 0. The monoisotopic (exact) mass is 459 g/mol. The van der Waals surface area contributed by atoms with Gasteiger partial charge < -0.3 is 4.57 Å². The van der Waals surface area contributed by atoms with Crippen LogP contribution in [0.15, 0.2) is 72.4 Å². The zero-order valence-electron chi connectivity index (χ0n) is 16.3. The quantitative estimate of drug-likeness (QED) is 0.371. The molecule has 0 N–H and O–H groups in total. The number of sulfone groups is 1. The molecule has 8 heteroatoms. The minimum atomic E-state index is -3.01. The lowest BCUT2D eigenvalue weighted by molar-refractivity contribution is 0.597. The van der Waals surface area contributed by atoms with Crippen molar-refractivity contribution < 1.29 is 8.42 Å². The van der Waals surface area contributed by atoms with Gasteiger partial charge in [-0.2, -0.15) is 0 Å². The van der Waals surface area contributed by atoms with Crippen molar-refractivity contribution in [3.8, 4) is 0 Å². The Balaban J connectivity index is 1.71. The fourth-order valence-electron chi connectivity index (χ4n) is 3.69. The summed E-state index contributed by atoms with van der Waals surface area (Å²) in [5.41, 5.74) is 2.25. The van der Waals surface area contributed by atoms with E-state index in [0.29, 0.717) is 18.0 Å². The molecule has 2 aromatic carbocycles. The third-order valence-electron chi connectivity index (χ3n) is 5.15. The van der Waals surface area contributed by atoms with Gasteiger partial charge in [0.15, 0.2) is 15.0 Å². The van der Waals surface area contributed by atoms with Crippen LogP contribution >= 0.6 is 23.4 Å². The molecular formula is C22H22ClN3O2S2. The molecule has 1 aromatic heterocycles. The summed E-state index contributed by atoms with van der Waals surface area (Å²) in [6, 6.07) is 18.0. The number of allylic oxidation sites excluding steroid dienone is 1. The molecule has 1 aliphatic rings. The lowest BCUT2D eigenvalue weighted by Gasteiger charge is -2.18. The van der Waals surface area contributed by atoms with Crippen molar-refractivity contribution in [1.82, 2.24) is 14.8 Å². The number of thioether (sulfide) groups is 1. The van der Waals surface area contributed by atoms with Crippen molar-refractivity contribution in [3.63, 3.8) is 0 Å². The van der Waals surface area contributed by atoms with Crippen molar-refractivity contribution in [2.75, 3.05) is 11.5 Å². The molecule has 0 bridgehead atoms. The first-order valence-electron chi connectivity index (χ1n) is 9.68. The summed E-state index contributed by atoms with van der Waals surface area (Å²) in [6.45, 7) is 4.39. The van der Waals surface area contributed by atoms with Gasteiger partial charge >= 0.3 is 0 Å². The Labute approximate surface area is 186 Å². The maximum atomic E-state index is 12.0. The minimum absolute atomic E-state index is 0.00334. The second-order valence-electron chi connectivity index (χ2n) is 7.30. The van der Waals surface area contributed by atoms with Gasteiger partial charge in [-0.25, -0.2) is 8.42 Å². The lowest BCUT2D eigenvalue weighted by atomic mass is 10.0. The fraction of sp³-hybridized carbons (Fsp3) is 0.273. The summed E-state index contributed by atoms with van der Waals surface area (Å²) < 4.78 is 25.9. The van der Waals surface area contributed by atoms with Gasteiger partial charge in [-0.05, 0) is 29.7 Å². The van der Waals surface area contributed by atoms with Crippen LogP contribution in [0, 0.1) is 0 Å². The summed E-state index contributed by atoms with van der Waals surface area (Å²) >= 11 is 7.69. The summed E-state index contributed by atoms with van der Waals surface area (Å²) in [6.07, 6.45) is 2.38. The molecule has 0 radical (unpaired) electrons. The van der Waals surface area contributed by atoms with Crippen LogP contribution < -0.4 is 0 Å². The van der Waals surface area contributed by atoms with E-state index in [1.807, 2.05) is 47.0 Å². The van der Waals surface area contributed by atoms with Crippen LogP contribution in [0.4, 0.5) is 0 Å². The summed E-state index contributed by atoms with van der Waals surface area (Å²) in [7, 11) is -3.01. The number of benzene rings is 2. The third kappa shape index (κ3) is 4.63. The zero-order valence-corrected chi connectivity index (χ0v) is 18.7. The number of nitrogens with zero attached hydrogens (tertiary/aromatic N) is 3. The largest absolute Gasteiger partial charge is 0.302 e. The van der Waals surface area contributed by atoms with Crippen LogP contribution in [-0.2, 0) is 16.4 Å². The van der Waals surface area contributed by atoms with Crippen LogP contribution in [0.5, 0.6) is 0 Å². The molecule has 0 unspecified atom stereocenters. The third-order valence-corrected chi connectivity index (χ3v) is 8.47. The van der Waals surface area contributed by atoms with Gasteiger partial charge in [-0.3, -0.25) is 0 Å². The predicted octanol–water partition coefficient (Wildman–Crippen LogP) is 4.90. The van der Waals surface area contributed by atoms with Crippen LogP contribution in [0.2, 0.25) is 5.02 Å². The molecule has 1 aliphatic heterocycles. The highest BCUT2D eigenvalue weighted by Crippen LogP contribution is 2.41. The highest BCUT2D eigenvalue weighted by molar-refractivity contribution is 7.99. The van der Waals surface area contributed by atoms with Gasteiger partial charge in [0.1, 0.15) is 5.82 Å². The van der Waals surface area contributed by atoms with E-state index in [1.165, 1.54) is 0 Å². The van der Waals surface area contributed by atoms with Gasteiger partial charge in [-0.1, -0.05) is 71.9 Å². The Morgan fingerprint density at radius 1 is 1.13 bits per heavy atom. The number of hydrogen-bond donors (Lipinski definition) is 0. The standard InChI is InChI=1S/C22H22ClN3O2S2/c1-2-13-26-21(18-12-14-30(27,28)15-18)24-25-22(26)29-20(16-6-4-3-5-7-16)17-8-10-19(23)11-9-17/h2-11,18,20H,1,12-15H2/t18-,20-/m1/s1. The van der Waals surface area contributed by atoms with Crippen molar-refractivity contribution in [2.24, 2.45) is 0 Å². The molecule has 1 fully saturated rings. The first-order chi connectivity index (χ1) is 14.5. The summed E-state index contributed by atoms with van der Waals surface area (Å²) in [5, 5.41) is 10.3. The van der Waals surface area contributed by atoms with Gasteiger partial charge in [0.05, 0.1) is 16.8 Å². The van der Waals surface area contributed by atoms with Crippen molar-refractivity contribution in [1.29, 1.82) is 0 Å². The highest BCUT2D eigenvalue weighted by Gasteiger charge is 2.33. The molecule has 4 rings (SSSR count). The highest BCUT2D eigenvalue weighted by atomic mass is 35.5. The first-order valence-corrected chi connectivity index (χ1v) is 12.8. The molecule has 2 atom stereocenters. The zero-order chi connectivity index (χ0) is 21.1. The molecule has 3 aromatic rings. The molecule has 30 heavy (non-hydrogen) atoms. The first kappa shape index (κ1) is 21.2. The van der Waals surface area contributed by atoms with E-state index >= 15 is 0 Å². The maximum absolute atomic E-state index is 12.0. The number of halogens is 1. The topological polar surface area (TPSA) is 64.8 Å². The Morgan fingerprint density at radius 2 is 1.83 bits per heavy atom. The average Bonchev–Trinajstić information content (AvgIpc) is 3.30. The van der Waals surface area contributed by atoms with E-state index < -0.39 is 9.84 Å². The van der Waals surface area contributed by atoms with Gasteiger partial charge in [0, 0.05) is 17.5 Å². The normalized spacial score (nSPS) is 18.9. The van der Waals surface area contributed by atoms with Crippen molar-refractivity contribution in [2.45, 2.75) is 29.3 Å². The molecule has 156 valence electrons. The molecule has 0 spiro atoms. The van der Waals surface area contributed by atoms with E-state index in [2.05, 4.69) is 28.9 Å². The van der Waals surface area contributed by atoms with Crippen LogP contribution in [0.3, 0.4) is 0 Å². The molecule has 2 heterocycles. The van der Waals surface area contributed by atoms with Crippen LogP contribution in [-0.4, -0.2) is 34.7 Å². The molecule has 0 saturated carbocycles. The summed E-state index contributed by atoms with van der Waals surface area (Å²) in [5.74, 6) is 0.939. The van der Waals surface area contributed by atoms with Gasteiger partial charge in [0.2, 0.25) is 0 Å². The van der Waals surface area contributed by atoms with Gasteiger partial charge in [0.25, 0.3) is 0 Å². The smallest absolute Gasteiger partial charge is 0.192 e. The maximum Gasteiger partial charge on any atom is 0.192 e. The van der Waals surface area contributed by atoms with E-state index in [9.17, 15) is 8.42 Å². The van der Waals surface area contributed by atoms with Gasteiger partial charge in [-0.15, -0.1) is 16.8 Å². The molecule has 5 nitrogen and oxygen atoms in total. The number of rotatable bonds is 7. The van der Waals surface area contributed by atoms with E-state index in [1.54, 1.807) is 17.8 Å². The molecular weight excluding hydrogens is 438 g/mol. The Hall–Kier alpha value is -2.09. The van der Waals surface area contributed by atoms with Crippen molar-refractivity contribution >= 4 is 33.2 Å². The molecule has 1 saturated heterocycles. The second kappa shape index (κ2) is 8.96.